The average molecular weight is 408 g/mol. The van der Waals surface area contributed by atoms with E-state index in [0.29, 0.717) is 18.8 Å². The highest BCUT2D eigenvalue weighted by atomic mass is 19.3. The third kappa shape index (κ3) is 5.13. The molecule has 2 aromatic rings. The molecule has 0 radical (unpaired) electrons. The van der Waals surface area contributed by atoms with Crippen LogP contribution in [0.3, 0.4) is 0 Å². The van der Waals surface area contributed by atoms with Crippen molar-refractivity contribution in [1.29, 1.82) is 0 Å². The SMILES string of the molecule is COc1cc(C(=O)NC2CCCN(c3cc(C)ccc3F)C2)ccc1OC(F)F. The summed E-state index contributed by atoms with van der Waals surface area (Å²) in [7, 11) is 1.31. The molecule has 1 unspecified atom stereocenters. The van der Waals surface area contributed by atoms with Crippen molar-refractivity contribution in [3.63, 3.8) is 0 Å². The summed E-state index contributed by atoms with van der Waals surface area (Å²) in [5, 5.41) is 2.93. The van der Waals surface area contributed by atoms with Gasteiger partial charge >= 0.3 is 6.61 Å². The number of aryl methyl sites for hydroxylation is 1. The minimum absolute atomic E-state index is 0.0463. The van der Waals surface area contributed by atoms with Crippen molar-refractivity contribution >= 4 is 11.6 Å². The first-order valence-electron chi connectivity index (χ1n) is 9.32. The lowest BCUT2D eigenvalue weighted by Gasteiger charge is -2.35. The number of carbonyl (C=O) groups excluding carboxylic acids is 1. The largest absolute Gasteiger partial charge is 0.493 e. The van der Waals surface area contributed by atoms with Crippen LogP contribution in [0.15, 0.2) is 36.4 Å². The molecule has 1 fully saturated rings. The van der Waals surface area contributed by atoms with Gasteiger partial charge in [-0.1, -0.05) is 6.07 Å². The summed E-state index contributed by atoms with van der Waals surface area (Å²) in [5.74, 6) is -0.742. The van der Waals surface area contributed by atoms with Gasteiger partial charge in [-0.05, 0) is 55.7 Å². The molecule has 5 nitrogen and oxygen atoms in total. The maximum absolute atomic E-state index is 14.2. The number of hydrogen-bond donors (Lipinski definition) is 1. The lowest BCUT2D eigenvalue weighted by molar-refractivity contribution is -0.0512. The summed E-state index contributed by atoms with van der Waals surface area (Å²) in [6, 6.07) is 8.82. The predicted octanol–water partition coefficient (Wildman–Crippen LogP) is 4.14. The van der Waals surface area contributed by atoms with Gasteiger partial charge in [0.05, 0.1) is 12.8 Å². The maximum Gasteiger partial charge on any atom is 0.387 e. The van der Waals surface area contributed by atoms with Gasteiger partial charge in [-0.15, -0.1) is 0 Å². The number of hydrogen-bond acceptors (Lipinski definition) is 4. The molecule has 1 amide bonds. The normalized spacial score (nSPS) is 16.6. The van der Waals surface area contributed by atoms with E-state index in [9.17, 15) is 18.0 Å². The number of amides is 1. The molecule has 1 heterocycles. The molecule has 0 bridgehead atoms. The Balaban J connectivity index is 1.69. The quantitative estimate of drug-likeness (QED) is 0.781. The van der Waals surface area contributed by atoms with Crippen molar-refractivity contribution in [2.45, 2.75) is 32.4 Å². The Labute approximate surface area is 167 Å². The van der Waals surface area contributed by atoms with Crippen LogP contribution in [0.5, 0.6) is 11.5 Å². The minimum Gasteiger partial charge on any atom is -0.493 e. The van der Waals surface area contributed by atoms with E-state index in [1.165, 1.54) is 31.4 Å². The van der Waals surface area contributed by atoms with Gasteiger partial charge in [-0.2, -0.15) is 8.78 Å². The number of nitrogens with one attached hydrogen (secondary N) is 1. The number of piperidine rings is 1. The Morgan fingerprint density at radius 3 is 2.72 bits per heavy atom. The van der Waals surface area contributed by atoms with E-state index in [0.717, 1.165) is 18.4 Å². The van der Waals surface area contributed by atoms with Crippen LogP contribution in [-0.2, 0) is 0 Å². The number of carbonyl (C=O) groups is 1. The standard InChI is InChI=1S/C21H23F3N2O3/c1-13-5-7-16(22)17(10-13)26-9-3-4-15(12-26)25-20(27)14-6-8-18(29-21(23)24)19(11-14)28-2/h5-8,10-11,15,21H,3-4,9,12H2,1-2H3,(H,25,27). The number of ether oxygens (including phenoxy) is 2. The van der Waals surface area contributed by atoms with Gasteiger partial charge in [-0.25, -0.2) is 4.39 Å². The summed E-state index contributed by atoms with van der Waals surface area (Å²) in [5.41, 5.74) is 1.76. The monoisotopic (exact) mass is 408 g/mol. The van der Waals surface area contributed by atoms with Crippen LogP contribution in [0.4, 0.5) is 18.9 Å². The molecular weight excluding hydrogens is 385 g/mol. The Morgan fingerprint density at radius 2 is 2.00 bits per heavy atom. The van der Waals surface area contributed by atoms with Gasteiger partial charge in [-0.3, -0.25) is 4.79 Å². The smallest absolute Gasteiger partial charge is 0.387 e. The maximum atomic E-state index is 14.2. The van der Waals surface area contributed by atoms with Crippen molar-refractivity contribution in [2.75, 3.05) is 25.1 Å². The molecule has 3 rings (SSSR count). The first-order valence-corrected chi connectivity index (χ1v) is 9.32. The third-order valence-electron chi connectivity index (χ3n) is 4.84. The van der Waals surface area contributed by atoms with Crippen molar-refractivity contribution in [3.05, 3.63) is 53.3 Å². The van der Waals surface area contributed by atoms with Gasteiger partial charge in [0.15, 0.2) is 11.5 Å². The van der Waals surface area contributed by atoms with Gasteiger partial charge in [0.2, 0.25) is 0 Å². The molecule has 0 spiro atoms. The number of alkyl halides is 2. The molecule has 1 aliphatic heterocycles. The van der Waals surface area contributed by atoms with E-state index >= 15 is 0 Å². The topological polar surface area (TPSA) is 50.8 Å². The van der Waals surface area contributed by atoms with Crippen LogP contribution in [0.1, 0.15) is 28.8 Å². The van der Waals surface area contributed by atoms with E-state index < -0.39 is 6.61 Å². The number of methoxy groups -OCH3 is 1. The van der Waals surface area contributed by atoms with Crippen LogP contribution >= 0.6 is 0 Å². The first-order chi connectivity index (χ1) is 13.9. The first kappa shape index (κ1) is 20.8. The highest BCUT2D eigenvalue weighted by molar-refractivity contribution is 5.95. The van der Waals surface area contributed by atoms with Gasteiger partial charge in [0.25, 0.3) is 5.91 Å². The summed E-state index contributed by atoms with van der Waals surface area (Å²) in [4.78, 5) is 14.6. The highest BCUT2D eigenvalue weighted by Gasteiger charge is 2.24. The second kappa shape index (κ2) is 9.07. The van der Waals surface area contributed by atoms with Crippen LogP contribution in [0.25, 0.3) is 0 Å². The van der Waals surface area contributed by atoms with Gasteiger partial charge < -0.3 is 19.7 Å². The molecule has 2 aromatic carbocycles. The Morgan fingerprint density at radius 1 is 1.21 bits per heavy atom. The highest BCUT2D eigenvalue weighted by Crippen LogP contribution is 2.30. The van der Waals surface area contributed by atoms with Crippen LogP contribution in [0.2, 0.25) is 0 Å². The van der Waals surface area contributed by atoms with Crippen molar-refractivity contribution in [2.24, 2.45) is 0 Å². The van der Waals surface area contributed by atoms with Crippen LogP contribution in [-0.4, -0.2) is 38.8 Å². The zero-order valence-electron chi connectivity index (χ0n) is 16.3. The van der Waals surface area contributed by atoms with Crippen molar-refractivity contribution in [1.82, 2.24) is 5.32 Å². The number of benzene rings is 2. The molecule has 1 N–H and O–H groups in total. The van der Waals surface area contributed by atoms with E-state index in [2.05, 4.69) is 10.1 Å². The van der Waals surface area contributed by atoms with Gasteiger partial charge in [0, 0.05) is 24.7 Å². The fraction of sp³-hybridized carbons (Fsp3) is 0.381. The molecule has 1 atom stereocenters. The molecule has 0 aromatic heterocycles. The van der Waals surface area contributed by atoms with E-state index in [-0.39, 0.29) is 34.8 Å². The Hall–Kier alpha value is -2.90. The zero-order valence-corrected chi connectivity index (χ0v) is 16.3. The average Bonchev–Trinajstić information content (AvgIpc) is 2.69. The molecule has 8 heteroatoms. The lowest BCUT2D eigenvalue weighted by Crippen LogP contribution is -2.48. The molecule has 1 aliphatic rings. The summed E-state index contributed by atoms with van der Waals surface area (Å²) >= 11 is 0. The minimum atomic E-state index is -2.99. The molecule has 1 saturated heterocycles. The third-order valence-corrected chi connectivity index (χ3v) is 4.84. The van der Waals surface area contributed by atoms with Crippen LogP contribution < -0.4 is 19.7 Å². The molecule has 0 saturated carbocycles. The van der Waals surface area contributed by atoms with E-state index in [1.807, 2.05) is 11.8 Å². The second-order valence-corrected chi connectivity index (χ2v) is 6.96. The summed E-state index contributed by atoms with van der Waals surface area (Å²) in [6.07, 6.45) is 1.57. The Bertz CT molecular complexity index is 876. The van der Waals surface area contributed by atoms with Crippen molar-refractivity contribution < 1.29 is 27.4 Å². The lowest BCUT2D eigenvalue weighted by atomic mass is 10.0. The Kier molecular flexibility index (Phi) is 6.51. The number of anilines is 1. The fourth-order valence-corrected chi connectivity index (χ4v) is 3.45. The zero-order chi connectivity index (χ0) is 21.0. The van der Waals surface area contributed by atoms with Gasteiger partial charge in [0.1, 0.15) is 5.82 Å². The van der Waals surface area contributed by atoms with Crippen LogP contribution in [0, 0.1) is 12.7 Å². The second-order valence-electron chi connectivity index (χ2n) is 6.96. The number of nitrogens with zero attached hydrogens (tertiary/aromatic N) is 1. The number of halogens is 3. The number of rotatable bonds is 6. The molecule has 156 valence electrons. The summed E-state index contributed by atoms with van der Waals surface area (Å²) in [6.45, 7) is 0.107. The predicted molar refractivity (Wildman–Crippen MR) is 103 cm³/mol. The summed E-state index contributed by atoms with van der Waals surface area (Å²) < 4.78 is 48.5. The van der Waals surface area contributed by atoms with E-state index in [1.54, 1.807) is 12.1 Å². The molecule has 0 aliphatic carbocycles. The fourth-order valence-electron chi connectivity index (χ4n) is 3.45. The van der Waals surface area contributed by atoms with E-state index in [4.69, 9.17) is 4.74 Å². The molecule has 29 heavy (non-hydrogen) atoms. The molecular formula is C21H23F3N2O3. The van der Waals surface area contributed by atoms with Crippen molar-refractivity contribution in [3.8, 4) is 11.5 Å².